The van der Waals surface area contributed by atoms with Gasteiger partial charge in [0.25, 0.3) is 0 Å². The van der Waals surface area contributed by atoms with Gasteiger partial charge in [-0.05, 0) is 31.4 Å². The molecular weight excluding hydrogens is 450 g/mol. The van der Waals surface area contributed by atoms with Gasteiger partial charge in [0.15, 0.2) is 0 Å². The highest BCUT2D eigenvalue weighted by atomic mass is 79.9. The fourth-order valence-corrected chi connectivity index (χ4v) is 4.90. The molecule has 0 radical (unpaired) electrons. The molecule has 1 unspecified atom stereocenters. The molecule has 1 aromatic carbocycles. The molecule has 1 aliphatic rings. The van der Waals surface area contributed by atoms with E-state index >= 15 is 0 Å². The zero-order valence-corrected chi connectivity index (χ0v) is 18.2. The van der Waals surface area contributed by atoms with Gasteiger partial charge in [0.05, 0.1) is 18.4 Å². The average molecular weight is 472 g/mol. The van der Waals surface area contributed by atoms with Crippen LogP contribution >= 0.6 is 27.3 Å². The van der Waals surface area contributed by atoms with Gasteiger partial charge in [0.2, 0.25) is 15.9 Å². The fraction of sp³-hybridized carbons (Fsp3) is 0.444. The summed E-state index contributed by atoms with van der Waals surface area (Å²) < 4.78 is 26.3. The van der Waals surface area contributed by atoms with E-state index in [0.717, 1.165) is 46.3 Å². The number of rotatable bonds is 6. The minimum Gasteiger partial charge on any atom is -0.338 e. The number of hydrogen-bond acceptors (Lipinski definition) is 5. The van der Waals surface area contributed by atoms with Crippen LogP contribution < -0.4 is 4.72 Å². The van der Waals surface area contributed by atoms with Gasteiger partial charge in [-0.2, -0.15) is 0 Å². The molecule has 1 fully saturated rings. The monoisotopic (exact) mass is 471 g/mol. The van der Waals surface area contributed by atoms with Gasteiger partial charge in [0, 0.05) is 34.5 Å². The highest BCUT2D eigenvalue weighted by Gasteiger charge is 2.27. The molecule has 0 saturated carbocycles. The maximum Gasteiger partial charge on any atom is 0.228 e. The Morgan fingerprint density at radius 3 is 2.96 bits per heavy atom. The predicted molar refractivity (Wildman–Crippen MR) is 111 cm³/mol. The number of carbonyl (C=O) groups is 1. The lowest BCUT2D eigenvalue weighted by Gasteiger charge is -2.35. The number of halogens is 1. The number of benzene rings is 1. The van der Waals surface area contributed by atoms with Crippen molar-refractivity contribution in [1.29, 1.82) is 0 Å². The first-order chi connectivity index (χ1) is 12.8. The molecule has 1 atom stereocenters. The first kappa shape index (κ1) is 20.4. The van der Waals surface area contributed by atoms with Gasteiger partial charge < -0.3 is 4.90 Å². The fourth-order valence-electron chi connectivity index (χ4n) is 3.19. The Labute approximate surface area is 172 Å². The summed E-state index contributed by atoms with van der Waals surface area (Å²) in [5, 5.41) is 2.80. The lowest BCUT2D eigenvalue weighted by atomic mass is 10.0. The predicted octanol–water partition coefficient (Wildman–Crippen LogP) is 3.05. The van der Waals surface area contributed by atoms with Crippen molar-refractivity contribution in [2.45, 2.75) is 31.7 Å². The molecule has 2 heterocycles. The summed E-state index contributed by atoms with van der Waals surface area (Å²) in [6.07, 6.45) is 4.14. The average Bonchev–Trinajstić information content (AvgIpc) is 3.08. The summed E-state index contributed by atoms with van der Waals surface area (Å²) in [5.74, 6) is 0.00101. The van der Waals surface area contributed by atoms with Crippen molar-refractivity contribution in [2.24, 2.45) is 0 Å². The molecule has 2 aromatic rings. The van der Waals surface area contributed by atoms with Crippen LogP contribution in [0.3, 0.4) is 0 Å². The number of amides is 1. The van der Waals surface area contributed by atoms with E-state index in [4.69, 9.17) is 0 Å². The Hall–Kier alpha value is -1.29. The van der Waals surface area contributed by atoms with Crippen molar-refractivity contribution in [3.8, 4) is 10.6 Å². The summed E-state index contributed by atoms with van der Waals surface area (Å²) >= 11 is 4.98. The van der Waals surface area contributed by atoms with Gasteiger partial charge in [0.1, 0.15) is 5.01 Å². The van der Waals surface area contributed by atoms with Gasteiger partial charge >= 0.3 is 0 Å². The normalized spacial score (nSPS) is 17.9. The Balaban J connectivity index is 1.66. The Morgan fingerprint density at radius 2 is 2.22 bits per heavy atom. The number of nitrogens with one attached hydrogen (secondary N) is 1. The lowest BCUT2D eigenvalue weighted by Crippen LogP contribution is -2.49. The topological polar surface area (TPSA) is 79.4 Å². The molecule has 1 N–H and O–H groups in total. The number of hydrogen-bond donors (Lipinski definition) is 1. The van der Waals surface area contributed by atoms with E-state index in [1.807, 2.05) is 29.6 Å². The molecular formula is C18H22BrN3O3S2. The Morgan fingerprint density at radius 1 is 1.41 bits per heavy atom. The molecule has 1 amide bonds. The molecule has 9 heteroatoms. The van der Waals surface area contributed by atoms with E-state index in [9.17, 15) is 13.2 Å². The highest BCUT2D eigenvalue weighted by Crippen LogP contribution is 2.27. The van der Waals surface area contributed by atoms with Crippen LogP contribution in [0.2, 0.25) is 0 Å². The molecule has 27 heavy (non-hydrogen) atoms. The van der Waals surface area contributed by atoms with Crippen LogP contribution in [0.25, 0.3) is 10.6 Å². The third kappa shape index (κ3) is 5.84. The van der Waals surface area contributed by atoms with Crippen LogP contribution in [-0.4, -0.2) is 49.6 Å². The zero-order chi connectivity index (χ0) is 19.4. The standard InChI is InChI=1S/C18H22BrN3O3S2/c1-27(24,25)20-11-16-7-2-3-8-22(16)17(23)10-15-12-26-18(21-15)13-5-4-6-14(19)9-13/h4-6,9,12,16,20H,2-3,7-8,10-11H2,1H3. The Bertz CT molecular complexity index is 914. The number of aromatic nitrogens is 1. The van der Waals surface area contributed by atoms with Crippen LogP contribution in [0, 0.1) is 0 Å². The summed E-state index contributed by atoms with van der Waals surface area (Å²) in [7, 11) is -3.26. The van der Waals surface area contributed by atoms with Gasteiger partial charge in [-0.15, -0.1) is 11.3 Å². The van der Waals surface area contributed by atoms with Crippen molar-refractivity contribution >= 4 is 43.2 Å². The van der Waals surface area contributed by atoms with Crippen molar-refractivity contribution in [1.82, 2.24) is 14.6 Å². The number of carbonyl (C=O) groups excluding carboxylic acids is 1. The molecule has 1 saturated heterocycles. The van der Waals surface area contributed by atoms with Gasteiger partial charge in [-0.3, -0.25) is 4.79 Å². The van der Waals surface area contributed by atoms with Crippen LogP contribution in [-0.2, 0) is 21.2 Å². The number of thiazole rings is 1. The summed E-state index contributed by atoms with van der Waals surface area (Å²) in [5.41, 5.74) is 1.77. The van der Waals surface area contributed by atoms with Gasteiger partial charge in [-0.25, -0.2) is 18.1 Å². The van der Waals surface area contributed by atoms with E-state index in [1.54, 1.807) is 4.90 Å². The summed E-state index contributed by atoms with van der Waals surface area (Å²) in [6, 6.07) is 7.82. The van der Waals surface area contributed by atoms with E-state index in [-0.39, 0.29) is 24.9 Å². The largest absolute Gasteiger partial charge is 0.338 e. The molecule has 6 nitrogen and oxygen atoms in total. The second-order valence-electron chi connectivity index (χ2n) is 6.69. The molecule has 0 spiro atoms. The van der Waals surface area contributed by atoms with E-state index in [0.29, 0.717) is 6.54 Å². The summed E-state index contributed by atoms with van der Waals surface area (Å²) in [4.78, 5) is 19.2. The second-order valence-corrected chi connectivity index (χ2v) is 10.3. The number of piperidine rings is 1. The first-order valence-electron chi connectivity index (χ1n) is 8.76. The minimum atomic E-state index is -3.26. The molecule has 0 bridgehead atoms. The van der Waals surface area contributed by atoms with Crippen LogP contribution in [0.5, 0.6) is 0 Å². The van der Waals surface area contributed by atoms with Crippen LogP contribution in [0.4, 0.5) is 0 Å². The van der Waals surface area contributed by atoms with Crippen molar-refractivity contribution in [3.05, 3.63) is 39.8 Å². The zero-order valence-electron chi connectivity index (χ0n) is 15.0. The molecule has 1 aliphatic heterocycles. The van der Waals surface area contributed by atoms with Crippen molar-refractivity contribution in [3.63, 3.8) is 0 Å². The quantitative estimate of drug-likeness (QED) is 0.701. The highest BCUT2D eigenvalue weighted by molar-refractivity contribution is 9.10. The molecule has 1 aromatic heterocycles. The third-order valence-corrected chi connectivity index (χ3v) is 6.61. The number of likely N-dealkylation sites (tertiary alicyclic amines) is 1. The molecule has 146 valence electrons. The van der Waals surface area contributed by atoms with E-state index in [2.05, 4.69) is 25.6 Å². The minimum absolute atomic E-state index is 0.00101. The van der Waals surface area contributed by atoms with Gasteiger partial charge in [-0.1, -0.05) is 28.1 Å². The molecule has 3 rings (SSSR count). The maximum atomic E-state index is 12.8. The maximum absolute atomic E-state index is 12.8. The molecule has 0 aliphatic carbocycles. The van der Waals surface area contributed by atoms with Crippen molar-refractivity contribution in [2.75, 3.05) is 19.3 Å². The smallest absolute Gasteiger partial charge is 0.228 e. The second kappa shape index (κ2) is 8.81. The summed E-state index contributed by atoms with van der Waals surface area (Å²) in [6.45, 7) is 0.933. The number of nitrogens with zero attached hydrogens (tertiary/aromatic N) is 2. The first-order valence-corrected chi connectivity index (χ1v) is 12.3. The SMILES string of the molecule is CS(=O)(=O)NCC1CCCCN1C(=O)Cc1csc(-c2cccc(Br)c2)n1. The number of sulfonamides is 1. The third-order valence-electron chi connectivity index (χ3n) is 4.48. The van der Waals surface area contributed by atoms with Crippen molar-refractivity contribution < 1.29 is 13.2 Å². The lowest BCUT2D eigenvalue weighted by molar-refractivity contribution is -0.134. The van der Waals surface area contributed by atoms with Crippen LogP contribution in [0.1, 0.15) is 25.0 Å². The Kier molecular flexibility index (Phi) is 6.67. The van der Waals surface area contributed by atoms with E-state index < -0.39 is 10.0 Å². The van der Waals surface area contributed by atoms with Crippen LogP contribution in [0.15, 0.2) is 34.1 Å². The van der Waals surface area contributed by atoms with E-state index in [1.165, 1.54) is 11.3 Å².